The van der Waals surface area contributed by atoms with E-state index in [9.17, 15) is 0 Å². The average molecular weight is 151 g/mol. The molecule has 55 valence electrons. The fourth-order valence-corrected chi connectivity index (χ4v) is 1.74. The van der Waals surface area contributed by atoms with Crippen molar-refractivity contribution >= 4 is 11.6 Å². The van der Waals surface area contributed by atoms with Crippen molar-refractivity contribution in [1.82, 2.24) is 0 Å². The SMILES string of the molecule is [C]1=c2ccccc2=C2C=CC=C12. The zero-order valence-electron chi connectivity index (χ0n) is 6.54. The van der Waals surface area contributed by atoms with Gasteiger partial charge in [-0.2, -0.15) is 0 Å². The first-order chi connectivity index (χ1) is 5.95. The van der Waals surface area contributed by atoms with Crippen LogP contribution >= 0.6 is 0 Å². The third kappa shape index (κ3) is 0.620. The lowest BCUT2D eigenvalue weighted by atomic mass is 10.1. The topological polar surface area (TPSA) is 0 Å². The lowest BCUT2D eigenvalue weighted by Crippen LogP contribution is -2.21. The van der Waals surface area contributed by atoms with E-state index in [1.165, 1.54) is 21.6 Å². The fraction of sp³-hybridized carbons (Fsp3) is 0. The molecule has 0 heterocycles. The molecule has 1 aromatic rings. The first kappa shape index (κ1) is 6.01. The normalized spacial score (nSPS) is 17.0. The van der Waals surface area contributed by atoms with Gasteiger partial charge in [0.25, 0.3) is 0 Å². The Balaban J connectivity index is 2.59. The predicted molar refractivity (Wildman–Crippen MR) is 49.7 cm³/mol. The van der Waals surface area contributed by atoms with E-state index in [1.54, 1.807) is 0 Å². The van der Waals surface area contributed by atoms with Crippen molar-refractivity contribution in [2.75, 3.05) is 0 Å². The molecule has 3 rings (SSSR count). The van der Waals surface area contributed by atoms with E-state index in [0.717, 1.165) is 0 Å². The lowest BCUT2D eigenvalue weighted by molar-refractivity contribution is 1.53. The molecule has 0 fully saturated rings. The van der Waals surface area contributed by atoms with Gasteiger partial charge in [-0.25, -0.2) is 0 Å². The number of hydrogen-bond donors (Lipinski definition) is 0. The summed E-state index contributed by atoms with van der Waals surface area (Å²) in [7, 11) is 0. The van der Waals surface area contributed by atoms with Gasteiger partial charge < -0.3 is 0 Å². The molecule has 0 saturated heterocycles. The van der Waals surface area contributed by atoms with Crippen LogP contribution in [-0.4, -0.2) is 0 Å². The number of allylic oxidation sites excluding steroid dienone is 4. The van der Waals surface area contributed by atoms with Crippen molar-refractivity contribution in [3.05, 3.63) is 58.5 Å². The van der Waals surface area contributed by atoms with Crippen molar-refractivity contribution in [3.8, 4) is 0 Å². The third-order valence-electron chi connectivity index (χ3n) is 2.30. The molecule has 12 heavy (non-hydrogen) atoms. The molecule has 1 radical (unpaired) electrons. The zero-order chi connectivity index (χ0) is 7.97. The number of fused-ring (bicyclic) bond motifs is 2. The molecule has 0 amide bonds. The van der Waals surface area contributed by atoms with Gasteiger partial charge in [-0.15, -0.1) is 0 Å². The Morgan fingerprint density at radius 1 is 1.08 bits per heavy atom. The van der Waals surface area contributed by atoms with Gasteiger partial charge in [0, 0.05) is 0 Å². The minimum Gasteiger partial charge on any atom is -0.0616 e. The van der Waals surface area contributed by atoms with Crippen LogP contribution in [0.1, 0.15) is 0 Å². The van der Waals surface area contributed by atoms with E-state index in [1.807, 2.05) is 0 Å². The highest BCUT2D eigenvalue weighted by Crippen LogP contribution is 2.20. The van der Waals surface area contributed by atoms with Gasteiger partial charge in [-0.1, -0.05) is 42.5 Å². The maximum atomic E-state index is 3.36. The van der Waals surface area contributed by atoms with E-state index in [-0.39, 0.29) is 0 Å². The summed E-state index contributed by atoms with van der Waals surface area (Å²) in [5, 5.41) is 2.54. The average Bonchev–Trinajstić information content (AvgIpc) is 2.62. The Hall–Kier alpha value is -1.56. The van der Waals surface area contributed by atoms with Crippen LogP contribution in [0.4, 0.5) is 0 Å². The van der Waals surface area contributed by atoms with E-state index < -0.39 is 0 Å². The molecule has 0 saturated carbocycles. The predicted octanol–water partition coefficient (Wildman–Crippen LogP) is 1.00. The molecule has 0 bridgehead atoms. The van der Waals surface area contributed by atoms with Gasteiger partial charge in [0.1, 0.15) is 0 Å². The Labute approximate surface area is 70.9 Å². The number of hydrogen-bond acceptors (Lipinski definition) is 0. The first-order valence-electron chi connectivity index (χ1n) is 4.07. The molecule has 0 atom stereocenters. The fourth-order valence-electron chi connectivity index (χ4n) is 1.74. The summed E-state index contributed by atoms with van der Waals surface area (Å²) in [6.45, 7) is 0. The van der Waals surface area contributed by atoms with Gasteiger partial charge in [0.2, 0.25) is 0 Å². The molecule has 0 nitrogen and oxygen atoms in total. The van der Waals surface area contributed by atoms with Gasteiger partial charge in [0.05, 0.1) is 0 Å². The van der Waals surface area contributed by atoms with Crippen LogP contribution in [0.15, 0.2) is 48.1 Å². The van der Waals surface area contributed by atoms with Crippen molar-refractivity contribution in [1.29, 1.82) is 0 Å². The minimum absolute atomic E-state index is 1.23. The standard InChI is InChI=1S/C12H7/c1-2-6-11-9(4-1)8-10-5-3-7-12(10)11/h1-7H. The third-order valence-corrected chi connectivity index (χ3v) is 2.30. The van der Waals surface area contributed by atoms with Crippen molar-refractivity contribution in [2.24, 2.45) is 0 Å². The number of benzene rings is 1. The first-order valence-corrected chi connectivity index (χ1v) is 4.07. The minimum atomic E-state index is 1.23. The molecule has 2 aliphatic rings. The molecule has 0 aliphatic heterocycles. The summed E-state index contributed by atoms with van der Waals surface area (Å²) in [5.74, 6) is 0. The molecule has 0 aromatic heterocycles. The van der Waals surface area contributed by atoms with Gasteiger partial charge in [-0.3, -0.25) is 0 Å². The summed E-state index contributed by atoms with van der Waals surface area (Å²) in [6, 6.07) is 8.38. The van der Waals surface area contributed by atoms with Crippen LogP contribution in [0.2, 0.25) is 0 Å². The van der Waals surface area contributed by atoms with Gasteiger partial charge in [0.15, 0.2) is 0 Å². The molecule has 0 N–H and O–H groups in total. The second-order valence-corrected chi connectivity index (χ2v) is 3.02. The Morgan fingerprint density at radius 3 is 3.00 bits per heavy atom. The molecule has 2 aliphatic carbocycles. The molecule has 0 unspecified atom stereocenters. The lowest BCUT2D eigenvalue weighted by Gasteiger charge is -1.88. The maximum absolute atomic E-state index is 3.36. The quantitative estimate of drug-likeness (QED) is 0.519. The van der Waals surface area contributed by atoms with Crippen molar-refractivity contribution in [2.45, 2.75) is 0 Å². The highest BCUT2D eigenvalue weighted by molar-refractivity contribution is 5.90. The van der Waals surface area contributed by atoms with Crippen molar-refractivity contribution in [3.63, 3.8) is 0 Å². The molecule has 0 spiro atoms. The van der Waals surface area contributed by atoms with Crippen LogP contribution in [0.5, 0.6) is 0 Å². The van der Waals surface area contributed by atoms with Crippen LogP contribution in [-0.2, 0) is 0 Å². The highest BCUT2D eigenvalue weighted by atomic mass is 14.1. The molecular formula is C12H7. The Bertz CT molecular complexity index is 513. The second kappa shape index (κ2) is 1.98. The van der Waals surface area contributed by atoms with Crippen molar-refractivity contribution < 1.29 is 0 Å². The van der Waals surface area contributed by atoms with Crippen LogP contribution in [0.25, 0.3) is 11.6 Å². The van der Waals surface area contributed by atoms with Crippen LogP contribution in [0.3, 0.4) is 0 Å². The number of rotatable bonds is 0. The monoisotopic (exact) mass is 151 g/mol. The molecule has 0 heteroatoms. The van der Waals surface area contributed by atoms with E-state index in [0.29, 0.717) is 0 Å². The van der Waals surface area contributed by atoms with Gasteiger partial charge >= 0.3 is 0 Å². The molecular weight excluding hydrogens is 144 g/mol. The maximum Gasteiger partial charge on any atom is -0.00139 e. The Morgan fingerprint density at radius 2 is 2.00 bits per heavy atom. The van der Waals surface area contributed by atoms with E-state index in [2.05, 4.69) is 48.6 Å². The summed E-state index contributed by atoms with van der Waals surface area (Å²) in [5.41, 5.74) is 2.56. The summed E-state index contributed by atoms with van der Waals surface area (Å²) >= 11 is 0. The van der Waals surface area contributed by atoms with E-state index >= 15 is 0 Å². The highest BCUT2D eigenvalue weighted by Gasteiger charge is 2.10. The van der Waals surface area contributed by atoms with Gasteiger partial charge in [-0.05, 0) is 27.7 Å². The van der Waals surface area contributed by atoms with Crippen LogP contribution < -0.4 is 10.4 Å². The second-order valence-electron chi connectivity index (χ2n) is 3.02. The summed E-state index contributed by atoms with van der Waals surface area (Å²) < 4.78 is 0. The molecule has 1 aromatic carbocycles. The van der Waals surface area contributed by atoms with E-state index in [4.69, 9.17) is 0 Å². The van der Waals surface area contributed by atoms with Crippen LogP contribution in [0, 0.1) is 0 Å². The Kier molecular flexibility index (Phi) is 0.991. The summed E-state index contributed by atoms with van der Waals surface area (Å²) in [6.07, 6.45) is 9.69. The largest absolute Gasteiger partial charge is 0.0616 e. The summed E-state index contributed by atoms with van der Waals surface area (Å²) in [4.78, 5) is 0. The zero-order valence-corrected chi connectivity index (χ0v) is 6.54. The smallest absolute Gasteiger partial charge is 0.00139 e.